The molecule has 0 radical (unpaired) electrons. The molecule has 34 heavy (non-hydrogen) atoms. The summed E-state index contributed by atoms with van der Waals surface area (Å²) in [5, 5.41) is 18.3. The van der Waals surface area contributed by atoms with E-state index in [4.69, 9.17) is 6.42 Å². The van der Waals surface area contributed by atoms with Crippen LogP contribution in [0.25, 0.3) is 11.4 Å². The van der Waals surface area contributed by atoms with Crippen molar-refractivity contribution in [1.82, 2.24) is 35.4 Å². The highest BCUT2D eigenvalue weighted by Gasteiger charge is 2.36. The predicted octanol–water partition coefficient (Wildman–Crippen LogP) is 4.56. The number of tetrazole rings is 1. The third kappa shape index (κ3) is 5.34. The molecule has 0 aliphatic carbocycles. The van der Waals surface area contributed by atoms with Gasteiger partial charge in [-0.25, -0.2) is 14.8 Å². The number of nitrogens with one attached hydrogen (secondary N) is 1. The third-order valence-corrected chi connectivity index (χ3v) is 5.50. The minimum atomic E-state index is -3.05. The van der Waals surface area contributed by atoms with E-state index in [-0.39, 0.29) is 6.42 Å². The fourth-order valence-electron chi connectivity index (χ4n) is 3.78. The van der Waals surface area contributed by atoms with Gasteiger partial charge in [-0.05, 0) is 40.0 Å². The van der Waals surface area contributed by atoms with E-state index in [0.717, 1.165) is 22.3 Å². The first-order valence-corrected chi connectivity index (χ1v) is 11.2. The Labute approximate surface area is 196 Å². The first-order chi connectivity index (χ1) is 16.5. The molecular weight excluding hydrogens is 436 g/mol. The van der Waals surface area contributed by atoms with Crippen LogP contribution in [-0.4, -0.2) is 35.4 Å². The van der Waals surface area contributed by atoms with Gasteiger partial charge in [-0.3, -0.25) is 0 Å². The Bertz CT molecular complexity index is 1260. The normalized spacial score (nSPS) is 11.5. The number of rotatable bonds is 10. The van der Waals surface area contributed by atoms with E-state index < -0.39 is 11.7 Å². The van der Waals surface area contributed by atoms with Gasteiger partial charge in [0, 0.05) is 24.8 Å². The van der Waals surface area contributed by atoms with Crippen LogP contribution >= 0.6 is 0 Å². The lowest BCUT2D eigenvalue weighted by atomic mass is 9.98. The second-order valence-corrected chi connectivity index (χ2v) is 8.07. The minimum Gasteiger partial charge on any atom is -0.245 e. The van der Waals surface area contributed by atoms with Gasteiger partial charge in [-0.2, -0.15) is 8.78 Å². The van der Waals surface area contributed by atoms with Crippen LogP contribution in [0.2, 0.25) is 0 Å². The summed E-state index contributed by atoms with van der Waals surface area (Å²) in [6.07, 6.45) is 6.94. The SMILES string of the molecule is C#CCCc1nc(C(F)(F)CCC)nn1Cc1ccc(Cc2ccccc2-c2nnn[nH]2)cc1. The minimum absolute atomic E-state index is 0.286. The van der Waals surface area contributed by atoms with Gasteiger partial charge in [0.05, 0.1) is 6.54 Å². The number of H-pyrrole nitrogens is 1. The van der Waals surface area contributed by atoms with E-state index in [9.17, 15) is 8.78 Å². The van der Waals surface area contributed by atoms with Crippen molar-refractivity contribution in [2.75, 3.05) is 0 Å². The topological polar surface area (TPSA) is 85.2 Å². The molecule has 0 amide bonds. The van der Waals surface area contributed by atoms with Crippen molar-refractivity contribution < 1.29 is 8.78 Å². The molecule has 0 spiro atoms. The molecule has 2 aromatic carbocycles. The standard InChI is InChI=1S/C25H25F2N7/c1-3-5-10-22-28-24(25(26,27)15-4-2)31-34(22)17-19-13-11-18(12-14-19)16-20-8-6-7-9-21(20)23-29-32-33-30-23/h1,6-9,11-14H,4-5,10,15-17H2,2H3,(H,29,30,32,33). The Morgan fingerprint density at radius 3 is 2.56 bits per heavy atom. The Morgan fingerprint density at radius 2 is 1.85 bits per heavy atom. The zero-order chi connectivity index (χ0) is 24.0. The summed E-state index contributed by atoms with van der Waals surface area (Å²) in [7, 11) is 0. The quantitative estimate of drug-likeness (QED) is 0.350. The van der Waals surface area contributed by atoms with Crippen molar-refractivity contribution >= 4 is 0 Å². The second kappa shape index (κ2) is 10.3. The smallest absolute Gasteiger partial charge is 0.245 e. The van der Waals surface area contributed by atoms with E-state index in [2.05, 4.69) is 36.6 Å². The molecular formula is C25H25F2N7. The molecule has 2 aromatic heterocycles. The van der Waals surface area contributed by atoms with Gasteiger partial charge >= 0.3 is 5.92 Å². The summed E-state index contributed by atoms with van der Waals surface area (Å²) in [6.45, 7) is 2.06. The number of aryl methyl sites for hydroxylation is 1. The summed E-state index contributed by atoms with van der Waals surface area (Å²) in [5.41, 5.74) is 4.07. The zero-order valence-corrected chi connectivity index (χ0v) is 18.9. The van der Waals surface area contributed by atoms with Gasteiger partial charge in [0.1, 0.15) is 5.82 Å². The van der Waals surface area contributed by atoms with Crippen LogP contribution in [0.3, 0.4) is 0 Å². The molecule has 0 unspecified atom stereocenters. The van der Waals surface area contributed by atoms with Crippen LogP contribution in [0.15, 0.2) is 48.5 Å². The molecule has 0 saturated carbocycles. The number of terminal acetylenes is 1. The summed E-state index contributed by atoms with van der Waals surface area (Å²) in [5.74, 6) is 0.148. The third-order valence-electron chi connectivity index (χ3n) is 5.50. The van der Waals surface area contributed by atoms with Crippen molar-refractivity contribution in [2.45, 2.75) is 51.5 Å². The average molecular weight is 462 g/mol. The highest BCUT2D eigenvalue weighted by molar-refractivity contribution is 5.60. The maximum atomic E-state index is 14.4. The summed E-state index contributed by atoms with van der Waals surface area (Å²) in [4.78, 5) is 4.13. The number of hydrogen-bond donors (Lipinski definition) is 1. The van der Waals surface area contributed by atoms with Crippen LogP contribution in [0.1, 0.15) is 54.5 Å². The van der Waals surface area contributed by atoms with Crippen molar-refractivity contribution in [1.29, 1.82) is 0 Å². The lowest BCUT2D eigenvalue weighted by Gasteiger charge is -2.10. The Morgan fingerprint density at radius 1 is 1.09 bits per heavy atom. The number of benzene rings is 2. The molecule has 0 fully saturated rings. The highest BCUT2D eigenvalue weighted by Crippen LogP contribution is 2.31. The highest BCUT2D eigenvalue weighted by atomic mass is 19.3. The molecule has 0 bridgehead atoms. The number of alkyl halides is 2. The average Bonchev–Trinajstić information content (AvgIpc) is 3.50. The van der Waals surface area contributed by atoms with Gasteiger partial charge in [0.15, 0.2) is 5.82 Å². The van der Waals surface area contributed by atoms with Gasteiger partial charge in [0.25, 0.3) is 0 Å². The first-order valence-electron chi connectivity index (χ1n) is 11.2. The molecule has 0 atom stereocenters. The Balaban J connectivity index is 1.52. The van der Waals surface area contributed by atoms with Crippen LogP contribution in [0, 0.1) is 12.3 Å². The molecule has 0 aliphatic rings. The second-order valence-electron chi connectivity index (χ2n) is 8.07. The lowest BCUT2D eigenvalue weighted by Crippen LogP contribution is -2.15. The van der Waals surface area contributed by atoms with E-state index >= 15 is 0 Å². The summed E-state index contributed by atoms with van der Waals surface area (Å²) >= 11 is 0. The molecule has 7 nitrogen and oxygen atoms in total. The van der Waals surface area contributed by atoms with Crippen LogP contribution < -0.4 is 0 Å². The summed E-state index contributed by atoms with van der Waals surface area (Å²) in [6, 6.07) is 15.9. The monoisotopic (exact) mass is 461 g/mol. The van der Waals surface area contributed by atoms with Crippen LogP contribution in [0.4, 0.5) is 8.78 Å². The van der Waals surface area contributed by atoms with E-state index in [1.165, 1.54) is 4.68 Å². The molecule has 174 valence electrons. The van der Waals surface area contributed by atoms with Gasteiger partial charge in [0.2, 0.25) is 5.82 Å². The maximum Gasteiger partial charge on any atom is 0.308 e. The predicted molar refractivity (Wildman–Crippen MR) is 124 cm³/mol. The molecule has 1 N–H and O–H groups in total. The van der Waals surface area contributed by atoms with Gasteiger partial charge in [-0.15, -0.1) is 22.5 Å². The Kier molecular flexibility index (Phi) is 7.07. The largest absolute Gasteiger partial charge is 0.308 e. The molecule has 0 saturated heterocycles. The van der Waals surface area contributed by atoms with Crippen molar-refractivity contribution in [3.8, 4) is 23.7 Å². The molecule has 9 heteroatoms. The Hall–Kier alpha value is -3.93. The molecule has 2 heterocycles. The summed E-state index contributed by atoms with van der Waals surface area (Å²) < 4.78 is 30.4. The number of halogens is 2. The number of aromatic amines is 1. The van der Waals surface area contributed by atoms with E-state index in [1.807, 2.05) is 48.5 Å². The zero-order valence-electron chi connectivity index (χ0n) is 18.9. The molecule has 4 rings (SSSR count). The lowest BCUT2D eigenvalue weighted by molar-refractivity contribution is -0.0232. The van der Waals surface area contributed by atoms with Crippen LogP contribution in [-0.2, 0) is 25.3 Å². The molecule has 4 aromatic rings. The fraction of sp³-hybridized carbons (Fsp3) is 0.320. The van der Waals surface area contributed by atoms with Gasteiger partial charge in [-0.1, -0.05) is 55.5 Å². The fourth-order valence-corrected chi connectivity index (χ4v) is 3.78. The van der Waals surface area contributed by atoms with Crippen molar-refractivity contribution in [3.63, 3.8) is 0 Å². The molecule has 0 aliphatic heterocycles. The number of hydrogen-bond acceptors (Lipinski definition) is 5. The van der Waals surface area contributed by atoms with E-state index in [1.54, 1.807) is 6.92 Å². The van der Waals surface area contributed by atoms with E-state index in [0.29, 0.717) is 43.9 Å². The number of aromatic nitrogens is 7. The number of nitrogens with zero attached hydrogens (tertiary/aromatic N) is 6. The van der Waals surface area contributed by atoms with Crippen molar-refractivity contribution in [2.24, 2.45) is 0 Å². The van der Waals surface area contributed by atoms with Gasteiger partial charge < -0.3 is 0 Å². The van der Waals surface area contributed by atoms with Crippen molar-refractivity contribution in [3.05, 3.63) is 76.9 Å². The maximum absolute atomic E-state index is 14.4. The first kappa shape index (κ1) is 23.2. The van der Waals surface area contributed by atoms with Crippen LogP contribution in [0.5, 0.6) is 0 Å².